The molecule has 1 amide bonds. The zero-order valence-corrected chi connectivity index (χ0v) is 15.4. The first-order valence-corrected chi connectivity index (χ1v) is 8.86. The molecule has 0 saturated carbocycles. The topological polar surface area (TPSA) is 80.7 Å². The van der Waals surface area contributed by atoms with Crippen molar-refractivity contribution in [2.75, 3.05) is 19.8 Å². The van der Waals surface area contributed by atoms with Crippen molar-refractivity contribution in [2.24, 2.45) is 0 Å². The molecule has 0 aliphatic carbocycles. The predicted octanol–water partition coefficient (Wildman–Crippen LogP) is 2.69. The van der Waals surface area contributed by atoms with Gasteiger partial charge in [-0.05, 0) is 29.3 Å². The van der Waals surface area contributed by atoms with Gasteiger partial charge in [0, 0.05) is 28.4 Å². The van der Waals surface area contributed by atoms with E-state index in [2.05, 4.69) is 10.3 Å². The first-order chi connectivity index (χ1) is 12.6. The van der Waals surface area contributed by atoms with E-state index in [0.717, 1.165) is 16.7 Å². The van der Waals surface area contributed by atoms with Crippen molar-refractivity contribution in [3.05, 3.63) is 57.2 Å². The number of nitrogens with zero attached hydrogens (tertiary/aromatic N) is 1. The quantitative estimate of drug-likeness (QED) is 0.703. The van der Waals surface area contributed by atoms with Gasteiger partial charge in [-0.1, -0.05) is 29.3 Å². The highest BCUT2D eigenvalue weighted by Crippen LogP contribution is 2.32. The molecule has 3 rings (SSSR count). The van der Waals surface area contributed by atoms with E-state index in [0.29, 0.717) is 15.9 Å². The first-order valence-electron chi connectivity index (χ1n) is 8.11. The molecule has 1 aliphatic rings. The van der Waals surface area contributed by atoms with Crippen LogP contribution < -0.4 is 10.1 Å². The molecule has 1 aromatic carbocycles. The van der Waals surface area contributed by atoms with Crippen molar-refractivity contribution in [3.63, 3.8) is 0 Å². The molecular weight excluding hydrogens is 379 g/mol. The minimum Gasteiger partial charge on any atom is -0.476 e. The van der Waals surface area contributed by atoms with Crippen LogP contribution in [0.5, 0.6) is 5.88 Å². The lowest BCUT2D eigenvalue weighted by molar-refractivity contribution is -0.122. The van der Waals surface area contributed by atoms with Gasteiger partial charge < -0.3 is 19.9 Å². The minimum absolute atomic E-state index is 0.0739. The number of aliphatic hydroxyl groups excluding tert-OH is 1. The average Bonchev–Trinajstić information content (AvgIpc) is 3.05. The fraction of sp³-hybridized carbons (Fsp3) is 0.333. The largest absolute Gasteiger partial charge is 0.476 e. The Kier molecular flexibility index (Phi) is 6.32. The molecule has 0 fully saturated rings. The number of hydrogen-bond acceptors (Lipinski definition) is 5. The summed E-state index contributed by atoms with van der Waals surface area (Å²) < 4.78 is 10.8. The molecular formula is C18H18Cl2N2O4. The Balaban J connectivity index is 1.70. The Hall–Kier alpha value is -1.86. The number of carbonyl (C=O) groups excluding carboxylic acids is 1. The van der Waals surface area contributed by atoms with E-state index < -0.39 is 5.92 Å². The minimum atomic E-state index is -0.404. The molecule has 0 bridgehead atoms. The van der Waals surface area contributed by atoms with Gasteiger partial charge in [-0.15, -0.1) is 0 Å². The van der Waals surface area contributed by atoms with Gasteiger partial charge in [-0.3, -0.25) is 4.79 Å². The van der Waals surface area contributed by atoms with Crippen LogP contribution >= 0.6 is 23.2 Å². The van der Waals surface area contributed by atoms with E-state index in [9.17, 15) is 4.79 Å². The Morgan fingerprint density at radius 2 is 2.27 bits per heavy atom. The van der Waals surface area contributed by atoms with E-state index in [-0.39, 0.29) is 38.9 Å². The fourth-order valence-corrected chi connectivity index (χ4v) is 3.39. The second kappa shape index (κ2) is 8.68. The van der Waals surface area contributed by atoms with Gasteiger partial charge in [-0.2, -0.15) is 0 Å². The Morgan fingerprint density at radius 1 is 1.42 bits per heavy atom. The highest BCUT2D eigenvalue weighted by atomic mass is 35.5. The first kappa shape index (κ1) is 18.9. The number of pyridine rings is 1. The number of ether oxygens (including phenoxy) is 2. The summed E-state index contributed by atoms with van der Waals surface area (Å²) in [5.41, 5.74) is 2.27. The molecule has 8 heteroatoms. The number of fused-ring (bicyclic) bond motifs is 1. The molecule has 0 saturated heterocycles. The predicted molar refractivity (Wildman–Crippen MR) is 97.5 cm³/mol. The van der Waals surface area contributed by atoms with Gasteiger partial charge in [-0.25, -0.2) is 4.98 Å². The van der Waals surface area contributed by atoms with Gasteiger partial charge in [0.2, 0.25) is 11.8 Å². The van der Waals surface area contributed by atoms with Gasteiger partial charge in [0.15, 0.2) is 0 Å². The van der Waals surface area contributed by atoms with Crippen molar-refractivity contribution in [1.82, 2.24) is 10.3 Å². The fourth-order valence-electron chi connectivity index (χ4n) is 2.79. The Bertz CT molecular complexity index is 801. The number of halogens is 2. The van der Waals surface area contributed by atoms with Crippen LogP contribution in [-0.4, -0.2) is 35.8 Å². The number of aromatic nitrogens is 1. The molecule has 1 unspecified atom stereocenters. The second-order valence-corrected chi connectivity index (χ2v) is 6.62. The summed E-state index contributed by atoms with van der Waals surface area (Å²) in [7, 11) is 0. The molecule has 2 heterocycles. The molecule has 1 atom stereocenters. The standard InChI is InChI=1S/C18H18Cl2N2O4/c19-12-6-11(9-25-5-4-23)14(16(20)7-12)8-22-17(24)15-10-26-18-13(15)2-1-3-21-18/h1-3,6-7,15,23H,4-5,8-10H2,(H,22,24). The van der Waals surface area contributed by atoms with Crippen LogP contribution in [0.25, 0.3) is 0 Å². The summed E-state index contributed by atoms with van der Waals surface area (Å²) in [5.74, 6) is -0.0703. The number of nitrogens with one attached hydrogen (secondary N) is 1. The summed E-state index contributed by atoms with van der Waals surface area (Å²) in [6.45, 7) is 0.873. The van der Waals surface area contributed by atoms with E-state index in [1.165, 1.54) is 0 Å². The van der Waals surface area contributed by atoms with Gasteiger partial charge in [0.1, 0.15) is 12.5 Å². The van der Waals surface area contributed by atoms with Crippen LogP contribution in [0.3, 0.4) is 0 Å². The third kappa shape index (κ3) is 4.27. The maximum atomic E-state index is 12.6. The van der Waals surface area contributed by atoms with Crippen LogP contribution in [-0.2, 0) is 22.7 Å². The van der Waals surface area contributed by atoms with E-state index in [1.54, 1.807) is 24.4 Å². The van der Waals surface area contributed by atoms with E-state index in [1.807, 2.05) is 6.07 Å². The van der Waals surface area contributed by atoms with Crippen LogP contribution in [0.15, 0.2) is 30.5 Å². The smallest absolute Gasteiger partial charge is 0.231 e. The normalized spacial score (nSPS) is 15.4. The van der Waals surface area contributed by atoms with Crippen LogP contribution in [0.1, 0.15) is 22.6 Å². The third-order valence-corrected chi connectivity index (χ3v) is 4.62. The number of benzene rings is 1. The highest BCUT2D eigenvalue weighted by molar-refractivity contribution is 6.35. The zero-order chi connectivity index (χ0) is 18.5. The summed E-state index contributed by atoms with van der Waals surface area (Å²) in [4.78, 5) is 16.7. The SMILES string of the molecule is O=C(NCc1c(Cl)cc(Cl)cc1COCCO)C1COc2ncccc21. The molecule has 6 nitrogen and oxygen atoms in total. The Labute approximate surface area is 161 Å². The molecule has 0 radical (unpaired) electrons. The molecule has 0 spiro atoms. The molecule has 26 heavy (non-hydrogen) atoms. The molecule has 1 aromatic heterocycles. The third-order valence-electron chi connectivity index (χ3n) is 4.06. The van der Waals surface area contributed by atoms with Crippen molar-refractivity contribution < 1.29 is 19.4 Å². The molecule has 1 aliphatic heterocycles. The monoisotopic (exact) mass is 396 g/mol. The van der Waals surface area contributed by atoms with Crippen molar-refractivity contribution in [1.29, 1.82) is 0 Å². The summed E-state index contributed by atoms with van der Waals surface area (Å²) >= 11 is 12.4. The van der Waals surface area contributed by atoms with Gasteiger partial charge >= 0.3 is 0 Å². The summed E-state index contributed by atoms with van der Waals surface area (Å²) in [5, 5.41) is 12.7. The second-order valence-electron chi connectivity index (χ2n) is 5.78. The maximum absolute atomic E-state index is 12.6. The van der Waals surface area contributed by atoms with Gasteiger partial charge in [0.25, 0.3) is 0 Å². The Morgan fingerprint density at radius 3 is 3.08 bits per heavy atom. The highest BCUT2D eigenvalue weighted by Gasteiger charge is 2.31. The zero-order valence-electron chi connectivity index (χ0n) is 13.9. The molecule has 138 valence electrons. The summed E-state index contributed by atoms with van der Waals surface area (Å²) in [6.07, 6.45) is 1.63. The number of rotatable bonds is 7. The maximum Gasteiger partial charge on any atom is 0.231 e. The summed E-state index contributed by atoms with van der Waals surface area (Å²) in [6, 6.07) is 6.98. The van der Waals surface area contributed by atoms with Crippen molar-refractivity contribution in [2.45, 2.75) is 19.1 Å². The molecule has 2 aromatic rings. The number of aliphatic hydroxyl groups is 1. The van der Waals surface area contributed by atoms with Crippen molar-refractivity contribution in [3.8, 4) is 5.88 Å². The lowest BCUT2D eigenvalue weighted by Gasteiger charge is -2.15. The number of amides is 1. The van der Waals surface area contributed by atoms with Crippen LogP contribution in [0, 0.1) is 0 Å². The lowest BCUT2D eigenvalue weighted by atomic mass is 10.0. The molecule has 2 N–H and O–H groups in total. The van der Waals surface area contributed by atoms with Crippen LogP contribution in [0.2, 0.25) is 10.0 Å². The van der Waals surface area contributed by atoms with E-state index >= 15 is 0 Å². The van der Waals surface area contributed by atoms with Crippen molar-refractivity contribution >= 4 is 29.1 Å². The number of hydrogen-bond donors (Lipinski definition) is 2. The lowest BCUT2D eigenvalue weighted by Crippen LogP contribution is -2.30. The van der Waals surface area contributed by atoms with Gasteiger partial charge in [0.05, 0.1) is 19.8 Å². The van der Waals surface area contributed by atoms with E-state index in [4.69, 9.17) is 37.8 Å². The van der Waals surface area contributed by atoms with Crippen LogP contribution in [0.4, 0.5) is 0 Å². The average molecular weight is 397 g/mol. The number of carbonyl (C=O) groups is 1.